The van der Waals surface area contributed by atoms with Gasteiger partial charge in [-0.05, 0) is 24.6 Å². The molecule has 2 unspecified atom stereocenters. The van der Waals surface area contributed by atoms with Crippen LogP contribution in [0.4, 0.5) is 0 Å². The van der Waals surface area contributed by atoms with E-state index in [0.717, 1.165) is 28.2 Å². The summed E-state index contributed by atoms with van der Waals surface area (Å²) in [5.74, 6) is -0.101. The lowest BCUT2D eigenvalue weighted by molar-refractivity contribution is -0.115. The monoisotopic (exact) mass is 369 g/mol. The first-order chi connectivity index (χ1) is 13.7. The predicted octanol–water partition coefficient (Wildman–Crippen LogP) is 2.76. The highest BCUT2D eigenvalue weighted by Crippen LogP contribution is 2.22. The third-order valence-corrected chi connectivity index (χ3v) is 5.13. The summed E-state index contributed by atoms with van der Waals surface area (Å²) in [6, 6.07) is 14.0. The van der Waals surface area contributed by atoms with Crippen LogP contribution in [0, 0.1) is 0 Å². The fraction of sp³-hybridized carbons (Fsp3) is 0.182. The Kier molecular flexibility index (Phi) is 3.90. The van der Waals surface area contributed by atoms with E-state index in [2.05, 4.69) is 33.5 Å². The van der Waals surface area contributed by atoms with Crippen molar-refractivity contribution >= 4 is 17.3 Å². The van der Waals surface area contributed by atoms with Crippen LogP contribution in [0.5, 0.6) is 0 Å². The summed E-state index contributed by atoms with van der Waals surface area (Å²) >= 11 is 0. The highest BCUT2D eigenvalue weighted by molar-refractivity contribution is 6.38. The number of allylic oxidation sites excluding steroid dienone is 2. The average molecular weight is 369 g/mol. The van der Waals surface area contributed by atoms with Crippen molar-refractivity contribution in [2.75, 3.05) is 0 Å². The summed E-state index contributed by atoms with van der Waals surface area (Å²) in [5, 5.41) is 7.80. The predicted molar refractivity (Wildman–Crippen MR) is 108 cm³/mol. The highest BCUT2D eigenvalue weighted by atomic mass is 16.2. The third kappa shape index (κ3) is 2.93. The number of fused-ring (bicyclic) bond motifs is 2. The molecule has 3 aromatic rings. The van der Waals surface area contributed by atoms with Crippen LogP contribution >= 0.6 is 0 Å². The van der Waals surface area contributed by atoms with E-state index in [1.165, 1.54) is 0 Å². The second kappa shape index (κ2) is 6.56. The van der Waals surface area contributed by atoms with Crippen LogP contribution in [-0.2, 0) is 11.2 Å². The zero-order valence-corrected chi connectivity index (χ0v) is 15.4. The molecule has 1 N–H and O–H groups in total. The van der Waals surface area contributed by atoms with Gasteiger partial charge in [-0.15, -0.1) is 0 Å². The van der Waals surface area contributed by atoms with Crippen LogP contribution in [0.3, 0.4) is 0 Å². The topological polar surface area (TPSA) is 71.7 Å². The number of amides is 1. The molecule has 0 radical (unpaired) electrons. The number of aliphatic imine (C=N–C) groups is 1. The molecule has 3 heterocycles. The normalized spacial score (nSPS) is 21.1. The molecular weight excluding hydrogens is 350 g/mol. The number of hydrogen-bond acceptors (Lipinski definition) is 4. The molecule has 0 spiro atoms. The quantitative estimate of drug-likeness (QED) is 0.772. The lowest BCUT2D eigenvalue weighted by Crippen LogP contribution is -2.48. The highest BCUT2D eigenvalue weighted by Gasteiger charge is 2.28. The lowest BCUT2D eigenvalue weighted by atomic mass is 9.94. The van der Waals surface area contributed by atoms with Crippen LogP contribution in [0.2, 0.25) is 0 Å². The van der Waals surface area contributed by atoms with Crippen LogP contribution in [0.15, 0.2) is 77.5 Å². The van der Waals surface area contributed by atoms with Gasteiger partial charge in [-0.25, -0.2) is 9.50 Å². The summed E-state index contributed by atoms with van der Waals surface area (Å²) in [6.07, 6.45) is 8.76. The number of nitrogens with zero attached hydrogens (tertiary/aromatic N) is 4. The zero-order valence-electron chi connectivity index (χ0n) is 15.4. The van der Waals surface area contributed by atoms with Gasteiger partial charge in [0.2, 0.25) is 0 Å². The standard InChI is InChI=1S/C22H19N5O/c1-14-22(28)25-20-12-15(7-8-19(20)24-14)11-17-13-23-21-10-9-18(26-27(17)21)16-5-3-2-4-6-16/h2-10,12-13,19-20H,11H2,1H3,(H,25,28). The van der Waals surface area contributed by atoms with Crippen molar-refractivity contribution in [3.63, 3.8) is 0 Å². The molecule has 1 aliphatic heterocycles. The average Bonchev–Trinajstić information content (AvgIpc) is 3.12. The first kappa shape index (κ1) is 16.6. The first-order valence-electron chi connectivity index (χ1n) is 9.31. The Balaban J connectivity index is 1.45. The first-order valence-corrected chi connectivity index (χ1v) is 9.31. The van der Waals surface area contributed by atoms with Gasteiger partial charge in [0, 0.05) is 12.0 Å². The Morgan fingerprint density at radius 3 is 2.86 bits per heavy atom. The number of aromatic nitrogens is 3. The molecule has 6 nitrogen and oxygen atoms in total. The smallest absolute Gasteiger partial charge is 0.265 e. The maximum Gasteiger partial charge on any atom is 0.265 e. The third-order valence-electron chi connectivity index (χ3n) is 5.13. The molecule has 2 atom stereocenters. The molecule has 2 aromatic heterocycles. The van der Waals surface area contributed by atoms with Crippen molar-refractivity contribution in [2.24, 2.45) is 4.99 Å². The number of carbonyl (C=O) groups excluding carboxylic acids is 1. The Bertz CT molecular complexity index is 1160. The van der Waals surface area contributed by atoms with Crippen LogP contribution in [0.1, 0.15) is 12.6 Å². The molecule has 5 rings (SSSR count). The van der Waals surface area contributed by atoms with Crippen molar-refractivity contribution in [1.29, 1.82) is 0 Å². The van der Waals surface area contributed by atoms with Gasteiger partial charge < -0.3 is 5.32 Å². The molecule has 0 fully saturated rings. The van der Waals surface area contributed by atoms with Crippen molar-refractivity contribution in [2.45, 2.75) is 25.4 Å². The minimum atomic E-state index is -0.101. The molecule has 28 heavy (non-hydrogen) atoms. The summed E-state index contributed by atoms with van der Waals surface area (Å²) in [5.41, 5.74) is 5.45. The Labute approximate surface area is 162 Å². The minimum absolute atomic E-state index is 0.0218. The van der Waals surface area contributed by atoms with Gasteiger partial charge >= 0.3 is 0 Å². The number of rotatable bonds is 3. The largest absolute Gasteiger partial charge is 0.342 e. The number of carbonyl (C=O) groups is 1. The molecule has 1 amide bonds. The van der Waals surface area contributed by atoms with E-state index in [9.17, 15) is 4.79 Å². The van der Waals surface area contributed by atoms with Gasteiger partial charge in [0.05, 0.1) is 35.4 Å². The van der Waals surface area contributed by atoms with Crippen LogP contribution < -0.4 is 5.32 Å². The van der Waals surface area contributed by atoms with E-state index in [4.69, 9.17) is 5.10 Å². The minimum Gasteiger partial charge on any atom is -0.342 e. The maximum absolute atomic E-state index is 11.9. The SMILES string of the molecule is CC1=NC2C=CC(Cc3cnc4ccc(-c5ccccc5)nn34)=CC2NC1=O. The van der Waals surface area contributed by atoms with Crippen molar-refractivity contribution < 1.29 is 4.79 Å². The Hall–Kier alpha value is -3.54. The van der Waals surface area contributed by atoms with E-state index in [0.29, 0.717) is 12.1 Å². The van der Waals surface area contributed by atoms with E-state index in [1.54, 1.807) is 6.92 Å². The summed E-state index contributed by atoms with van der Waals surface area (Å²) < 4.78 is 1.89. The molecule has 0 saturated heterocycles. The van der Waals surface area contributed by atoms with Crippen molar-refractivity contribution in [1.82, 2.24) is 19.9 Å². The number of benzene rings is 1. The summed E-state index contributed by atoms with van der Waals surface area (Å²) in [6.45, 7) is 1.74. The van der Waals surface area contributed by atoms with Crippen molar-refractivity contribution in [3.05, 3.63) is 78.2 Å². The van der Waals surface area contributed by atoms with Crippen LogP contribution in [0.25, 0.3) is 16.9 Å². The maximum atomic E-state index is 11.9. The fourth-order valence-corrected chi connectivity index (χ4v) is 3.65. The van der Waals surface area contributed by atoms with E-state index in [-0.39, 0.29) is 18.0 Å². The molecule has 1 aliphatic carbocycles. The number of nitrogens with one attached hydrogen (secondary N) is 1. The molecular formula is C22H19N5O. The van der Waals surface area contributed by atoms with Gasteiger partial charge in [0.1, 0.15) is 0 Å². The van der Waals surface area contributed by atoms with Gasteiger partial charge in [-0.1, -0.05) is 48.6 Å². The second-order valence-corrected chi connectivity index (χ2v) is 7.09. The van der Waals surface area contributed by atoms with Crippen LogP contribution in [-0.4, -0.2) is 38.3 Å². The molecule has 138 valence electrons. The second-order valence-electron chi connectivity index (χ2n) is 7.09. The molecule has 2 aliphatic rings. The Morgan fingerprint density at radius 1 is 1.14 bits per heavy atom. The van der Waals surface area contributed by atoms with Gasteiger partial charge in [0.25, 0.3) is 5.91 Å². The number of imidazole rings is 1. The summed E-state index contributed by atoms with van der Waals surface area (Å²) in [7, 11) is 0. The molecule has 0 bridgehead atoms. The van der Waals surface area contributed by atoms with E-state index < -0.39 is 0 Å². The van der Waals surface area contributed by atoms with E-state index in [1.807, 2.05) is 53.2 Å². The van der Waals surface area contributed by atoms with Gasteiger partial charge in [-0.2, -0.15) is 5.10 Å². The lowest BCUT2D eigenvalue weighted by Gasteiger charge is -2.28. The van der Waals surface area contributed by atoms with E-state index >= 15 is 0 Å². The summed E-state index contributed by atoms with van der Waals surface area (Å²) in [4.78, 5) is 20.8. The number of hydrogen-bond donors (Lipinski definition) is 1. The Morgan fingerprint density at radius 2 is 2.00 bits per heavy atom. The molecule has 1 aromatic carbocycles. The van der Waals surface area contributed by atoms with Crippen molar-refractivity contribution in [3.8, 4) is 11.3 Å². The molecule has 6 heteroatoms. The fourth-order valence-electron chi connectivity index (χ4n) is 3.65. The van der Waals surface area contributed by atoms with Gasteiger partial charge in [-0.3, -0.25) is 9.79 Å². The molecule has 0 saturated carbocycles. The zero-order chi connectivity index (χ0) is 19.1. The van der Waals surface area contributed by atoms with Gasteiger partial charge in [0.15, 0.2) is 5.65 Å².